The fraction of sp³-hybridized carbons (Fsp3) is 1.00. The summed E-state index contributed by atoms with van der Waals surface area (Å²) in [6, 6.07) is 0. The molecule has 1 aliphatic rings. The summed E-state index contributed by atoms with van der Waals surface area (Å²) in [6.07, 6.45) is 5.95. The van der Waals surface area contributed by atoms with Gasteiger partial charge in [0.05, 0.1) is 0 Å². The second kappa shape index (κ2) is 5.10. The maximum absolute atomic E-state index is 7.00. The van der Waals surface area contributed by atoms with Crippen LogP contribution in [-0.4, -0.2) is 12.2 Å². The first-order chi connectivity index (χ1) is 3.89. The van der Waals surface area contributed by atoms with Crippen LogP contribution in [0.5, 0.6) is 0 Å². The van der Waals surface area contributed by atoms with Crippen molar-refractivity contribution in [3.8, 4) is 0 Å². The first-order valence-electron chi connectivity index (χ1n) is 3.34. The molecule has 1 rings (SSSR count). The summed E-state index contributed by atoms with van der Waals surface area (Å²) in [6.45, 7) is 2.34. The van der Waals surface area contributed by atoms with E-state index in [9.17, 15) is 0 Å². The molecule has 0 spiro atoms. The minimum atomic E-state index is 1.00. The molecule has 0 radical (unpaired) electrons. The monoisotopic (exact) mass is 116 g/mol. The van der Waals surface area contributed by atoms with Crippen molar-refractivity contribution in [1.29, 1.82) is 0 Å². The second-order valence-electron chi connectivity index (χ2n) is 2.39. The van der Waals surface area contributed by atoms with Crippen LogP contribution in [0.3, 0.4) is 0 Å². The summed E-state index contributed by atoms with van der Waals surface area (Å²) in [5.41, 5.74) is 0. The summed E-state index contributed by atoms with van der Waals surface area (Å²) in [7, 11) is 1.00. The molecule has 8 heavy (non-hydrogen) atoms. The predicted octanol–water partition coefficient (Wildman–Crippen LogP) is 1.81. The molecule has 1 aliphatic carbocycles. The van der Waals surface area contributed by atoms with Crippen LogP contribution in [0.1, 0.15) is 32.6 Å². The topological polar surface area (TPSA) is 20.2 Å². The van der Waals surface area contributed by atoms with E-state index >= 15 is 0 Å². The molecule has 50 valence electrons. The van der Waals surface area contributed by atoms with Crippen LogP contribution < -0.4 is 0 Å². The van der Waals surface area contributed by atoms with Crippen molar-refractivity contribution in [1.82, 2.24) is 0 Å². The molecule has 0 aliphatic heterocycles. The molecule has 0 heterocycles. The van der Waals surface area contributed by atoms with E-state index in [0.29, 0.717) is 0 Å². The minimum Gasteiger partial charge on any atom is -0.400 e. The van der Waals surface area contributed by atoms with E-state index in [0.717, 1.165) is 13.0 Å². The van der Waals surface area contributed by atoms with E-state index < -0.39 is 0 Å². The minimum absolute atomic E-state index is 1.00. The van der Waals surface area contributed by atoms with E-state index in [1.807, 2.05) is 0 Å². The van der Waals surface area contributed by atoms with E-state index in [1.54, 1.807) is 0 Å². The van der Waals surface area contributed by atoms with Crippen molar-refractivity contribution in [2.24, 2.45) is 5.92 Å². The maximum atomic E-state index is 7.00. The quantitative estimate of drug-likeness (QED) is 0.511. The molecule has 1 nitrogen and oxygen atoms in total. The molecule has 1 heteroatoms. The standard InChI is InChI=1S/C6H12.CH4O/c1-6-4-2-3-5-6;1-2/h6H,2-5H2,1H3;2H,1H3. The molecule has 0 saturated heterocycles. The summed E-state index contributed by atoms with van der Waals surface area (Å²) in [5.74, 6) is 1.05. The maximum Gasteiger partial charge on any atom is 0.0319 e. The van der Waals surface area contributed by atoms with Crippen LogP contribution in [0.25, 0.3) is 0 Å². The molecule has 0 unspecified atom stereocenters. The first-order valence-corrected chi connectivity index (χ1v) is 3.34. The van der Waals surface area contributed by atoms with Crippen molar-refractivity contribution >= 4 is 0 Å². The Morgan fingerprint density at radius 1 is 1.12 bits per heavy atom. The van der Waals surface area contributed by atoms with Crippen molar-refractivity contribution in [2.45, 2.75) is 32.6 Å². The highest BCUT2D eigenvalue weighted by molar-refractivity contribution is 4.60. The Labute approximate surface area is 51.7 Å². The summed E-state index contributed by atoms with van der Waals surface area (Å²) in [5, 5.41) is 7.00. The van der Waals surface area contributed by atoms with Crippen molar-refractivity contribution < 1.29 is 5.11 Å². The summed E-state index contributed by atoms with van der Waals surface area (Å²) >= 11 is 0. The molecule has 0 aromatic carbocycles. The van der Waals surface area contributed by atoms with Gasteiger partial charge in [0.25, 0.3) is 0 Å². The zero-order chi connectivity index (χ0) is 6.41. The lowest BCUT2D eigenvalue weighted by Crippen LogP contribution is -1.78. The van der Waals surface area contributed by atoms with E-state index in [1.165, 1.54) is 25.7 Å². The van der Waals surface area contributed by atoms with Crippen molar-refractivity contribution in [3.63, 3.8) is 0 Å². The Morgan fingerprint density at radius 2 is 1.50 bits per heavy atom. The van der Waals surface area contributed by atoms with Gasteiger partial charge in [-0.05, 0) is 5.92 Å². The zero-order valence-electron chi connectivity index (χ0n) is 5.85. The lowest BCUT2D eigenvalue weighted by atomic mass is 10.2. The van der Waals surface area contributed by atoms with E-state index in [-0.39, 0.29) is 0 Å². The Hall–Kier alpha value is -0.0400. The molecule has 0 amide bonds. The highest BCUT2D eigenvalue weighted by Gasteiger charge is 2.07. The number of aliphatic hydroxyl groups excluding tert-OH is 1. The van der Waals surface area contributed by atoms with Crippen molar-refractivity contribution in [3.05, 3.63) is 0 Å². The fourth-order valence-corrected chi connectivity index (χ4v) is 1.13. The smallest absolute Gasteiger partial charge is 0.0319 e. The third kappa shape index (κ3) is 3.03. The largest absolute Gasteiger partial charge is 0.400 e. The van der Waals surface area contributed by atoms with Gasteiger partial charge in [0.15, 0.2) is 0 Å². The normalized spacial score (nSPS) is 19.9. The highest BCUT2D eigenvalue weighted by Crippen LogP contribution is 2.22. The number of hydrogen-bond acceptors (Lipinski definition) is 1. The van der Waals surface area contributed by atoms with Gasteiger partial charge in [0, 0.05) is 7.11 Å². The molecule has 0 aromatic heterocycles. The van der Waals surface area contributed by atoms with Crippen LogP contribution in [0.2, 0.25) is 0 Å². The molecule has 1 N–H and O–H groups in total. The lowest BCUT2D eigenvalue weighted by Gasteiger charge is -1.91. The van der Waals surface area contributed by atoms with Gasteiger partial charge in [-0.1, -0.05) is 32.6 Å². The van der Waals surface area contributed by atoms with Crippen LogP contribution in [0.4, 0.5) is 0 Å². The number of aliphatic hydroxyl groups is 1. The average molecular weight is 116 g/mol. The van der Waals surface area contributed by atoms with Crippen LogP contribution in [0, 0.1) is 5.92 Å². The van der Waals surface area contributed by atoms with Gasteiger partial charge in [-0.15, -0.1) is 0 Å². The van der Waals surface area contributed by atoms with Gasteiger partial charge in [-0.3, -0.25) is 0 Å². The van der Waals surface area contributed by atoms with Gasteiger partial charge < -0.3 is 5.11 Å². The molecule has 0 atom stereocenters. The van der Waals surface area contributed by atoms with Crippen molar-refractivity contribution in [2.75, 3.05) is 7.11 Å². The van der Waals surface area contributed by atoms with Gasteiger partial charge in [-0.25, -0.2) is 0 Å². The Morgan fingerprint density at radius 3 is 1.62 bits per heavy atom. The average Bonchev–Trinajstić information content (AvgIpc) is 2.24. The summed E-state index contributed by atoms with van der Waals surface area (Å²) < 4.78 is 0. The number of rotatable bonds is 0. The van der Waals surface area contributed by atoms with Gasteiger partial charge >= 0.3 is 0 Å². The molecular weight excluding hydrogens is 100 g/mol. The van der Waals surface area contributed by atoms with Crippen LogP contribution in [-0.2, 0) is 0 Å². The molecule has 1 fully saturated rings. The lowest BCUT2D eigenvalue weighted by molar-refractivity contribution is 0.399. The van der Waals surface area contributed by atoms with Crippen LogP contribution >= 0.6 is 0 Å². The van der Waals surface area contributed by atoms with E-state index in [2.05, 4.69) is 6.92 Å². The van der Waals surface area contributed by atoms with Crippen LogP contribution in [0.15, 0.2) is 0 Å². The highest BCUT2D eigenvalue weighted by atomic mass is 16.2. The first kappa shape index (κ1) is 7.96. The third-order valence-electron chi connectivity index (χ3n) is 1.64. The fourth-order valence-electron chi connectivity index (χ4n) is 1.13. The molecule has 0 bridgehead atoms. The molecule has 1 saturated carbocycles. The number of hydrogen-bond donors (Lipinski definition) is 1. The Kier molecular flexibility index (Phi) is 5.08. The molecule has 0 aromatic rings. The molecular formula is C7H16O. The second-order valence-corrected chi connectivity index (χ2v) is 2.39. The van der Waals surface area contributed by atoms with Gasteiger partial charge in [0.1, 0.15) is 0 Å². The van der Waals surface area contributed by atoms with Gasteiger partial charge in [0.2, 0.25) is 0 Å². The summed E-state index contributed by atoms with van der Waals surface area (Å²) in [4.78, 5) is 0. The van der Waals surface area contributed by atoms with E-state index in [4.69, 9.17) is 5.11 Å². The Bertz CT molecular complexity index is 37.7. The Balaban J connectivity index is 0.000000222. The predicted molar refractivity (Wildman–Crippen MR) is 35.8 cm³/mol. The SMILES string of the molecule is CC1CCCC1.CO. The zero-order valence-corrected chi connectivity index (χ0v) is 5.85. The third-order valence-corrected chi connectivity index (χ3v) is 1.64. The van der Waals surface area contributed by atoms with Gasteiger partial charge in [-0.2, -0.15) is 0 Å².